The van der Waals surface area contributed by atoms with Gasteiger partial charge in [0.25, 0.3) is 5.91 Å². The van der Waals surface area contributed by atoms with E-state index in [-0.39, 0.29) is 6.54 Å². The number of benzene rings is 1. The van der Waals surface area contributed by atoms with Crippen LogP contribution in [0.4, 0.5) is 0 Å². The summed E-state index contributed by atoms with van der Waals surface area (Å²) in [6.07, 6.45) is 0. The predicted molar refractivity (Wildman–Crippen MR) is 61.1 cm³/mol. The van der Waals surface area contributed by atoms with Crippen molar-refractivity contribution in [1.82, 2.24) is 5.32 Å². The highest BCUT2D eigenvalue weighted by molar-refractivity contribution is 5.97. The highest BCUT2D eigenvalue weighted by Gasteiger charge is 2.10. The molecular weight excluding hydrogens is 224 g/mol. The Hall–Kier alpha value is -2.24. The van der Waals surface area contributed by atoms with Gasteiger partial charge in [0.05, 0.1) is 20.8 Å². The molecule has 17 heavy (non-hydrogen) atoms. The molecule has 1 aromatic rings. The zero-order valence-corrected chi connectivity index (χ0v) is 9.65. The summed E-state index contributed by atoms with van der Waals surface area (Å²) < 4.78 is 10.0. The Morgan fingerprint density at radius 3 is 2.12 bits per heavy atom. The first-order valence-corrected chi connectivity index (χ1v) is 4.86. The molecule has 6 heteroatoms. The zero-order valence-electron chi connectivity index (χ0n) is 9.65. The lowest BCUT2D eigenvalue weighted by Gasteiger charge is -2.08. The van der Waals surface area contributed by atoms with Gasteiger partial charge < -0.3 is 20.5 Å². The second-order valence-corrected chi connectivity index (χ2v) is 3.25. The molecule has 0 bridgehead atoms. The molecule has 0 saturated carbocycles. The molecule has 0 saturated heterocycles. The van der Waals surface area contributed by atoms with Crippen molar-refractivity contribution in [1.29, 1.82) is 0 Å². The first-order chi connectivity index (χ1) is 8.06. The molecule has 1 aromatic carbocycles. The molecule has 0 aliphatic carbocycles. The number of carbonyl (C=O) groups excluding carboxylic acids is 2. The Morgan fingerprint density at radius 1 is 1.18 bits per heavy atom. The summed E-state index contributed by atoms with van der Waals surface area (Å²) in [5, 5.41) is 2.38. The lowest BCUT2D eigenvalue weighted by molar-refractivity contribution is -0.117. The minimum atomic E-state index is -0.604. The van der Waals surface area contributed by atoms with E-state index < -0.39 is 11.8 Å². The smallest absolute Gasteiger partial charge is 0.251 e. The van der Waals surface area contributed by atoms with E-state index in [2.05, 4.69) is 5.32 Å². The van der Waals surface area contributed by atoms with Gasteiger partial charge in [-0.15, -0.1) is 0 Å². The van der Waals surface area contributed by atoms with E-state index in [1.54, 1.807) is 18.2 Å². The van der Waals surface area contributed by atoms with Gasteiger partial charge in [-0.1, -0.05) is 0 Å². The predicted octanol–water partition coefficient (Wildman–Crippen LogP) is -0.0811. The summed E-state index contributed by atoms with van der Waals surface area (Å²) >= 11 is 0. The second-order valence-electron chi connectivity index (χ2n) is 3.25. The van der Waals surface area contributed by atoms with Crippen molar-refractivity contribution in [3.8, 4) is 11.5 Å². The fourth-order valence-corrected chi connectivity index (χ4v) is 1.21. The monoisotopic (exact) mass is 238 g/mol. The van der Waals surface area contributed by atoms with Crippen LogP contribution in [0.25, 0.3) is 0 Å². The maximum atomic E-state index is 11.7. The Kier molecular flexibility index (Phi) is 4.33. The van der Waals surface area contributed by atoms with Crippen LogP contribution < -0.4 is 20.5 Å². The van der Waals surface area contributed by atoms with E-state index >= 15 is 0 Å². The molecule has 92 valence electrons. The fraction of sp³-hybridized carbons (Fsp3) is 0.273. The lowest BCUT2D eigenvalue weighted by atomic mass is 10.2. The molecule has 1 rings (SSSR count). The molecule has 3 N–H and O–H groups in total. The quantitative estimate of drug-likeness (QED) is 0.750. The van der Waals surface area contributed by atoms with Crippen LogP contribution in [0.15, 0.2) is 18.2 Å². The molecule has 0 aliphatic heterocycles. The third-order valence-electron chi connectivity index (χ3n) is 2.04. The largest absolute Gasteiger partial charge is 0.497 e. The van der Waals surface area contributed by atoms with Gasteiger partial charge in [-0.25, -0.2) is 0 Å². The Balaban J connectivity index is 2.88. The van der Waals surface area contributed by atoms with Crippen molar-refractivity contribution in [3.05, 3.63) is 23.8 Å². The van der Waals surface area contributed by atoms with Crippen molar-refractivity contribution in [2.24, 2.45) is 5.73 Å². The number of methoxy groups -OCH3 is 2. The molecule has 0 spiro atoms. The number of amides is 2. The number of nitrogens with one attached hydrogen (secondary N) is 1. The molecule has 0 heterocycles. The van der Waals surface area contributed by atoms with Gasteiger partial charge in [0.2, 0.25) is 5.91 Å². The highest BCUT2D eigenvalue weighted by Crippen LogP contribution is 2.22. The van der Waals surface area contributed by atoms with E-state index in [0.717, 1.165) is 0 Å². The first kappa shape index (κ1) is 12.8. The van der Waals surface area contributed by atoms with Gasteiger partial charge in [0, 0.05) is 11.6 Å². The number of ether oxygens (including phenoxy) is 2. The van der Waals surface area contributed by atoms with Crippen molar-refractivity contribution >= 4 is 11.8 Å². The Morgan fingerprint density at radius 2 is 1.71 bits per heavy atom. The molecule has 0 fully saturated rings. The minimum Gasteiger partial charge on any atom is -0.497 e. The molecule has 0 radical (unpaired) electrons. The van der Waals surface area contributed by atoms with Crippen LogP contribution in [-0.4, -0.2) is 32.6 Å². The van der Waals surface area contributed by atoms with Gasteiger partial charge in [-0.2, -0.15) is 0 Å². The van der Waals surface area contributed by atoms with Gasteiger partial charge >= 0.3 is 0 Å². The van der Waals surface area contributed by atoms with Crippen molar-refractivity contribution in [2.45, 2.75) is 0 Å². The van der Waals surface area contributed by atoms with Crippen LogP contribution in [0.5, 0.6) is 11.5 Å². The van der Waals surface area contributed by atoms with Gasteiger partial charge in [0.15, 0.2) is 0 Å². The molecule has 0 aromatic heterocycles. The second kappa shape index (κ2) is 5.74. The third-order valence-corrected chi connectivity index (χ3v) is 2.04. The summed E-state index contributed by atoms with van der Waals surface area (Å²) in [7, 11) is 2.97. The van der Waals surface area contributed by atoms with E-state index in [9.17, 15) is 9.59 Å². The van der Waals surface area contributed by atoms with Gasteiger partial charge in [-0.3, -0.25) is 9.59 Å². The van der Waals surface area contributed by atoms with Gasteiger partial charge in [0.1, 0.15) is 11.5 Å². The third kappa shape index (κ3) is 3.67. The highest BCUT2D eigenvalue weighted by atomic mass is 16.5. The molecule has 6 nitrogen and oxygen atoms in total. The van der Waals surface area contributed by atoms with E-state index in [1.807, 2.05) is 0 Å². The number of primary amides is 1. The molecule has 2 amide bonds. The summed E-state index contributed by atoms with van der Waals surface area (Å²) in [5.74, 6) is -0.0311. The molecule has 0 unspecified atom stereocenters. The molecule has 0 aliphatic rings. The van der Waals surface area contributed by atoms with E-state index in [4.69, 9.17) is 15.2 Å². The SMILES string of the molecule is COc1cc(OC)cc(C(=O)NCC(N)=O)c1. The standard InChI is InChI=1S/C11H14N2O4/c1-16-8-3-7(4-9(5-8)17-2)11(15)13-6-10(12)14/h3-5H,6H2,1-2H3,(H2,12,14)(H,13,15). The van der Waals surface area contributed by atoms with Crippen LogP contribution in [0.3, 0.4) is 0 Å². The summed E-state index contributed by atoms with van der Waals surface area (Å²) in [6.45, 7) is -0.210. The van der Waals surface area contributed by atoms with Crippen LogP contribution in [0.1, 0.15) is 10.4 Å². The molecular formula is C11H14N2O4. The Labute approximate surface area is 98.7 Å². The Bertz CT molecular complexity index is 409. The first-order valence-electron chi connectivity index (χ1n) is 4.86. The number of hydrogen-bond donors (Lipinski definition) is 2. The van der Waals surface area contributed by atoms with Crippen molar-refractivity contribution in [3.63, 3.8) is 0 Å². The maximum absolute atomic E-state index is 11.7. The van der Waals surface area contributed by atoms with E-state index in [1.165, 1.54) is 14.2 Å². The van der Waals surface area contributed by atoms with Crippen LogP contribution in [-0.2, 0) is 4.79 Å². The van der Waals surface area contributed by atoms with Crippen LogP contribution >= 0.6 is 0 Å². The van der Waals surface area contributed by atoms with Crippen molar-refractivity contribution in [2.75, 3.05) is 20.8 Å². The molecule has 0 atom stereocenters. The topological polar surface area (TPSA) is 90.7 Å². The summed E-state index contributed by atoms with van der Waals surface area (Å²) in [6, 6.07) is 4.72. The number of nitrogens with two attached hydrogens (primary N) is 1. The van der Waals surface area contributed by atoms with Crippen LogP contribution in [0.2, 0.25) is 0 Å². The zero-order chi connectivity index (χ0) is 12.8. The van der Waals surface area contributed by atoms with Gasteiger partial charge in [-0.05, 0) is 12.1 Å². The van der Waals surface area contributed by atoms with Crippen molar-refractivity contribution < 1.29 is 19.1 Å². The maximum Gasteiger partial charge on any atom is 0.251 e. The summed E-state index contributed by atoms with van der Waals surface area (Å²) in [4.78, 5) is 22.2. The number of carbonyl (C=O) groups is 2. The average Bonchev–Trinajstić information content (AvgIpc) is 2.34. The normalized spacial score (nSPS) is 9.53. The van der Waals surface area contributed by atoms with E-state index in [0.29, 0.717) is 17.1 Å². The number of hydrogen-bond acceptors (Lipinski definition) is 4. The summed E-state index contributed by atoms with van der Waals surface area (Å²) in [5.41, 5.74) is 5.26. The minimum absolute atomic E-state index is 0.210. The average molecular weight is 238 g/mol. The fourth-order valence-electron chi connectivity index (χ4n) is 1.21. The lowest BCUT2D eigenvalue weighted by Crippen LogP contribution is -2.33. The number of rotatable bonds is 5. The van der Waals surface area contributed by atoms with Crippen LogP contribution in [0, 0.1) is 0 Å².